The number of alkyl halides is 1. The van der Waals surface area contributed by atoms with Crippen molar-refractivity contribution in [3.63, 3.8) is 0 Å². The molecule has 0 bridgehead atoms. The van der Waals surface area contributed by atoms with Crippen LogP contribution in [0.1, 0.15) is 67.1 Å². The lowest BCUT2D eigenvalue weighted by atomic mass is 9.95. The molecule has 2 aromatic carbocycles. The number of carbonyl (C=O) groups excluding carboxylic acids is 1. The van der Waals surface area contributed by atoms with Crippen LogP contribution in [-0.2, 0) is 13.0 Å². The molecule has 1 aromatic heterocycles. The van der Waals surface area contributed by atoms with Gasteiger partial charge in [0.15, 0.2) is 0 Å². The number of anilines is 2. The molecular formula is C32H37F2N5O4. The number of aryl methyl sites for hydroxylation is 1. The van der Waals surface area contributed by atoms with Gasteiger partial charge in [-0.05, 0) is 68.2 Å². The number of halogens is 2. The van der Waals surface area contributed by atoms with E-state index in [4.69, 9.17) is 14.7 Å². The van der Waals surface area contributed by atoms with Crippen molar-refractivity contribution in [2.75, 3.05) is 42.6 Å². The molecule has 43 heavy (non-hydrogen) atoms. The maximum Gasteiger partial charge on any atom is 0.318 e. The smallest absolute Gasteiger partial charge is 0.318 e. The summed E-state index contributed by atoms with van der Waals surface area (Å²) in [5.74, 6) is -0.363. The van der Waals surface area contributed by atoms with E-state index in [-0.39, 0.29) is 42.2 Å². The standard InChI is InChI=1S/C32H37F2N5O4/c1-2-23-24(34)8-7-19-12-22(41)13-26(27(19)23)39-17-25-28(30(39)42)29(37-10-4-3-6-21(40)16-37)36-31(35-25)43-18-32-9-5-11-38(32)15-20(33)14-32/h7-8,12-13,20-21,40-41H,2-6,9-11,14-18H2,1H3/t20-,21-,32+/m1/s1. The molecule has 11 heteroatoms. The lowest BCUT2D eigenvalue weighted by Gasteiger charge is -2.31. The average molecular weight is 594 g/mol. The quantitative estimate of drug-likeness (QED) is 0.431. The maximum absolute atomic E-state index is 14.9. The first-order valence-electron chi connectivity index (χ1n) is 15.4. The normalized spacial score (nSPS) is 25.8. The summed E-state index contributed by atoms with van der Waals surface area (Å²) in [6.07, 6.45) is 3.54. The Morgan fingerprint density at radius 1 is 1.14 bits per heavy atom. The van der Waals surface area contributed by atoms with Gasteiger partial charge in [-0.2, -0.15) is 9.97 Å². The number of β-amino-alcohol motifs (C(OH)–C–C–N with tert-alkyl or cyclic N) is 1. The molecule has 4 aliphatic heterocycles. The van der Waals surface area contributed by atoms with Crippen molar-refractivity contribution in [2.45, 2.75) is 76.2 Å². The first-order valence-corrected chi connectivity index (χ1v) is 15.4. The Kier molecular flexibility index (Phi) is 7.12. The molecule has 0 radical (unpaired) electrons. The van der Waals surface area contributed by atoms with Gasteiger partial charge in [-0.25, -0.2) is 8.78 Å². The van der Waals surface area contributed by atoms with Crippen molar-refractivity contribution in [1.82, 2.24) is 14.9 Å². The molecule has 3 saturated heterocycles. The molecule has 2 N–H and O–H groups in total. The van der Waals surface area contributed by atoms with Gasteiger partial charge in [0.05, 0.1) is 29.6 Å². The highest BCUT2D eigenvalue weighted by molar-refractivity contribution is 6.16. The second-order valence-corrected chi connectivity index (χ2v) is 12.4. The molecule has 0 saturated carbocycles. The Bertz CT molecular complexity index is 1590. The number of hydrogen-bond donors (Lipinski definition) is 2. The minimum Gasteiger partial charge on any atom is -0.508 e. The van der Waals surface area contributed by atoms with Crippen LogP contribution < -0.4 is 14.5 Å². The lowest BCUT2D eigenvalue weighted by molar-refractivity contribution is 0.0995. The molecule has 228 valence electrons. The SMILES string of the molecule is CCc1c(F)ccc2cc(O)cc(N3Cc4nc(OC[C@@]56CCCN5C[C@H](F)C6)nc(N5CCCC[C@@H](O)C5)c4C3=O)c12. The van der Waals surface area contributed by atoms with Crippen LogP contribution in [0.5, 0.6) is 11.8 Å². The summed E-state index contributed by atoms with van der Waals surface area (Å²) in [6, 6.07) is 6.16. The van der Waals surface area contributed by atoms with Crippen LogP contribution >= 0.6 is 0 Å². The zero-order valence-electron chi connectivity index (χ0n) is 24.4. The number of carbonyl (C=O) groups is 1. The van der Waals surface area contributed by atoms with Crippen molar-refractivity contribution in [3.05, 3.63) is 46.9 Å². The van der Waals surface area contributed by atoms with Crippen molar-refractivity contribution >= 4 is 28.2 Å². The van der Waals surface area contributed by atoms with Crippen LogP contribution in [0.25, 0.3) is 10.8 Å². The Morgan fingerprint density at radius 2 is 2.00 bits per heavy atom. The van der Waals surface area contributed by atoms with Gasteiger partial charge in [0, 0.05) is 37.5 Å². The number of phenols is 1. The molecular weight excluding hydrogens is 556 g/mol. The van der Waals surface area contributed by atoms with E-state index in [1.165, 1.54) is 17.0 Å². The van der Waals surface area contributed by atoms with Crippen LogP contribution in [0.3, 0.4) is 0 Å². The zero-order valence-corrected chi connectivity index (χ0v) is 24.4. The lowest BCUT2D eigenvalue weighted by Crippen LogP contribution is -2.43. The number of hydrogen-bond acceptors (Lipinski definition) is 8. The predicted octanol–water partition coefficient (Wildman–Crippen LogP) is 4.50. The number of ether oxygens (including phenoxy) is 1. The molecule has 1 amide bonds. The first-order chi connectivity index (χ1) is 20.8. The van der Waals surface area contributed by atoms with E-state index < -0.39 is 12.3 Å². The average Bonchev–Trinajstić information content (AvgIpc) is 3.55. The van der Waals surface area contributed by atoms with E-state index in [0.717, 1.165) is 32.2 Å². The van der Waals surface area contributed by atoms with Crippen LogP contribution in [0, 0.1) is 5.82 Å². The highest BCUT2D eigenvalue weighted by Gasteiger charge is 2.49. The number of rotatable bonds is 6. The highest BCUT2D eigenvalue weighted by atomic mass is 19.1. The minimum absolute atomic E-state index is 0.0333. The fraction of sp³-hybridized carbons (Fsp3) is 0.531. The number of aromatic hydroxyl groups is 1. The second-order valence-electron chi connectivity index (χ2n) is 12.4. The van der Waals surface area contributed by atoms with Crippen LogP contribution in [0.4, 0.5) is 20.3 Å². The van der Waals surface area contributed by atoms with Gasteiger partial charge >= 0.3 is 6.01 Å². The second kappa shape index (κ2) is 10.9. The van der Waals surface area contributed by atoms with Gasteiger partial charge in [0.2, 0.25) is 0 Å². The highest BCUT2D eigenvalue weighted by Crippen LogP contribution is 2.43. The summed E-state index contributed by atoms with van der Waals surface area (Å²) in [5.41, 5.74) is 1.26. The molecule has 3 atom stereocenters. The van der Waals surface area contributed by atoms with E-state index in [0.29, 0.717) is 78.0 Å². The van der Waals surface area contributed by atoms with Crippen molar-refractivity contribution in [3.8, 4) is 11.8 Å². The van der Waals surface area contributed by atoms with E-state index in [1.807, 2.05) is 11.8 Å². The molecule has 3 aromatic rings. The van der Waals surface area contributed by atoms with Gasteiger partial charge in [0.1, 0.15) is 35.7 Å². The summed E-state index contributed by atoms with van der Waals surface area (Å²) < 4.78 is 35.6. The van der Waals surface area contributed by atoms with Gasteiger partial charge in [-0.3, -0.25) is 9.69 Å². The fourth-order valence-corrected chi connectivity index (χ4v) is 7.64. The maximum atomic E-state index is 14.9. The summed E-state index contributed by atoms with van der Waals surface area (Å²) in [6.45, 7) is 4.36. The summed E-state index contributed by atoms with van der Waals surface area (Å²) in [5, 5.41) is 22.4. The number of aromatic nitrogens is 2. The third-order valence-corrected chi connectivity index (χ3v) is 9.66. The predicted molar refractivity (Wildman–Crippen MR) is 158 cm³/mol. The third-order valence-electron chi connectivity index (χ3n) is 9.66. The van der Waals surface area contributed by atoms with E-state index >= 15 is 0 Å². The van der Waals surface area contributed by atoms with Crippen molar-refractivity contribution in [1.29, 1.82) is 0 Å². The number of fused-ring (bicyclic) bond motifs is 3. The van der Waals surface area contributed by atoms with Crippen LogP contribution in [0.2, 0.25) is 0 Å². The Morgan fingerprint density at radius 3 is 2.84 bits per heavy atom. The third kappa shape index (κ3) is 4.86. The molecule has 7 rings (SSSR count). The van der Waals surface area contributed by atoms with Gasteiger partial charge in [0.25, 0.3) is 5.91 Å². The van der Waals surface area contributed by atoms with Crippen molar-refractivity contribution in [2.24, 2.45) is 0 Å². The Labute approximate surface area is 249 Å². The number of amides is 1. The molecule has 0 aliphatic carbocycles. The molecule has 5 heterocycles. The van der Waals surface area contributed by atoms with Gasteiger partial charge in [-0.1, -0.05) is 13.0 Å². The monoisotopic (exact) mass is 593 g/mol. The van der Waals surface area contributed by atoms with Crippen molar-refractivity contribution < 1.29 is 28.5 Å². The number of nitrogens with zero attached hydrogens (tertiary/aromatic N) is 5. The van der Waals surface area contributed by atoms with Gasteiger partial charge < -0.3 is 24.7 Å². The topological polar surface area (TPSA) is 102 Å². The summed E-state index contributed by atoms with van der Waals surface area (Å²) in [4.78, 5) is 29.3. The number of benzene rings is 2. The van der Waals surface area contributed by atoms with E-state index in [1.54, 1.807) is 12.1 Å². The molecule has 0 spiro atoms. The molecule has 0 unspecified atom stereocenters. The summed E-state index contributed by atoms with van der Waals surface area (Å²) in [7, 11) is 0. The Hall–Kier alpha value is -3.57. The molecule has 3 fully saturated rings. The van der Waals surface area contributed by atoms with E-state index in [9.17, 15) is 23.8 Å². The Balaban J connectivity index is 1.30. The molecule has 4 aliphatic rings. The fourth-order valence-electron chi connectivity index (χ4n) is 7.64. The van der Waals surface area contributed by atoms with E-state index in [2.05, 4.69) is 4.90 Å². The summed E-state index contributed by atoms with van der Waals surface area (Å²) >= 11 is 0. The molecule has 9 nitrogen and oxygen atoms in total. The number of phenolic OH excluding ortho intramolecular Hbond substituents is 1. The minimum atomic E-state index is -0.889. The largest absolute Gasteiger partial charge is 0.508 e. The number of aliphatic hydroxyl groups excluding tert-OH is 1. The van der Waals surface area contributed by atoms with Crippen LogP contribution in [0.15, 0.2) is 24.3 Å². The zero-order chi connectivity index (χ0) is 29.9. The van der Waals surface area contributed by atoms with Crippen LogP contribution in [-0.4, -0.2) is 81.6 Å². The van der Waals surface area contributed by atoms with Gasteiger partial charge in [-0.15, -0.1) is 0 Å². The first kappa shape index (κ1) is 28.2. The number of aliphatic hydroxyl groups is 1.